The normalized spacial score (nSPS) is 33.6. The fourth-order valence-corrected chi connectivity index (χ4v) is 5.44. The van der Waals surface area contributed by atoms with Crippen molar-refractivity contribution in [3.8, 4) is 0 Å². The maximum atomic E-state index is 13.2. The lowest BCUT2D eigenvalue weighted by molar-refractivity contribution is 0.0147. The van der Waals surface area contributed by atoms with E-state index in [4.69, 9.17) is 4.74 Å². The fraction of sp³-hybridized carbons (Fsp3) is 0.538. The molecule has 1 saturated heterocycles. The van der Waals surface area contributed by atoms with Gasteiger partial charge in [-0.3, -0.25) is 0 Å². The van der Waals surface area contributed by atoms with E-state index in [9.17, 15) is 4.57 Å². The zero-order valence-corrected chi connectivity index (χ0v) is 11.0. The second-order valence-corrected chi connectivity index (χ2v) is 8.56. The minimum Gasteiger partial charge on any atom is -0.367 e. The highest BCUT2D eigenvalue weighted by Crippen LogP contribution is 2.60. The Hall–Kier alpha value is -0.590. The molecule has 16 heavy (non-hydrogen) atoms. The molecule has 0 N–H and O–H groups in total. The topological polar surface area (TPSA) is 26.3 Å². The third-order valence-electron chi connectivity index (χ3n) is 3.33. The van der Waals surface area contributed by atoms with Crippen LogP contribution in [0.25, 0.3) is 0 Å². The van der Waals surface area contributed by atoms with Crippen LogP contribution in [0.4, 0.5) is 0 Å². The monoisotopic (exact) mass is 238 g/mol. The minimum absolute atomic E-state index is 0.374. The van der Waals surface area contributed by atoms with Crippen LogP contribution in [0.3, 0.4) is 0 Å². The van der Waals surface area contributed by atoms with Crippen molar-refractivity contribution in [2.45, 2.75) is 26.1 Å². The second kappa shape index (κ2) is 4.01. The van der Waals surface area contributed by atoms with Crippen LogP contribution < -0.4 is 5.30 Å². The lowest BCUT2D eigenvalue weighted by Gasteiger charge is -2.41. The molecular formula is C13H19O2P. The summed E-state index contributed by atoms with van der Waals surface area (Å²) in [6.45, 7) is 6.72. The number of hydrogen-bond acceptors (Lipinski definition) is 2. The Morgan fingerprint density at radius 2 is 1.94 bits per heavy atom. The summed E-state index contributed by atoms with van der Waals surface area (Å²) in [5.41, 5.74) is 0. The van der Waals surface area contributed by atoms with Crippen LogP contribution >= 0.6 is 7.14 Å². The molecule has 2 nitrogen and oxygen atoms in total. The summed E-state index contributed by atoms with van der Waals surface area (Å²) in [5.74, 6) is 0.374. The van der Waals surface area contributed by atoms with Gasteiger partial charge in [-0.1, -0.05) is 37.3 Å². The molecule has 0 radical (unpaired) electrons. The molecule has 0 aliphatic carbocycles. The van der Waals surface area contributed by atoms with Crippen LogP contribution in [0.2, 0.25) is 0 Å². The SMILES string of the molecule is C[C@H]1COC(C)(C)[P@@](=O)(c2ccccc2)C1. The van der Waals surface area contributed by atoms with E-state index in [1.165, 1.54) is 0 Å². The highest BCUT2D eigenvalue weighted by atomic mass is 31.2. The predicted molar refractivity (Wildman–Crippen MR) is 67.7 cm³/mol. The van der Waals surface area contributed by atoms with Crippen molar-refractivity contribution >= 4 is 12.4 Å². The zero-order valence-electron chi connectivity index (χ0n) is 10.1. The quantitative estimate of drug-likeness (QED) is 0.703. The number of benzene rings is 1. The summed E-state index contributed by atoms with van der Waals surface area (Å²) < 4.78 is 19.0. The Labute approximate surface area is 97.4 Å². The molecule has 1 fully saturated rings. The first-order valence-electron chi connectivity index (χ1n) is 5.74. The second-order valence-electron chi connectivity index (χ2n) is 5.12. The minimum atomic E-state index is -2.45. The molecular weight excluding hydrogens is 219 g/mol. The van der Waals surface area contributed by atoms with Gasteiger partial charge in [-0.2, -0.15) is 0 Å². The molecule has 0 amide bonds. The van der Waals surface area contributed by atoms with Gasteiger partial charge in [-0.15, -0.1) is 0 Å². The largest absolute Gasteiger partial charge is 0.367 e. The molecule has 2 rings (SSSR count). The van der Waals surface area contributed by atoms with Crippen LogP contribution in [-0.4, -0.2) is 18.1 Å². The highest BCUT2D eigenvalue weighted by Gasteiger charge is 2.46. The van der Waals surface area contributed by atoms with Gasteiger partial charge in [0.15, 0.2) is 0 Å². The van der Waals surface area contributed by atoms with E-state index in [0.29, 0.717) is 12.5 Å². The van der Waals surface area contributed by atoms with Crippen LogP contribution in [-0.2, 0) is 9.30 Å². The number of ether oxygens (including phenoxy) is 1. The fourth-order valence-electron chi connectivity index (χ4n) is 2.25. The Morgan fingerprint density at radius 3 is 2.56 bits per heavy atom. The van der Waals surface area contributed by atoms with Crippen molar-refractivity contribution in [3.05, 3.63) is 30.3 Å². The highest BCUT2D eigenvalue weighted by molar-refractivity contribution is 7.72. The van der Waals surface area contributed by atoms with Gasteiger partial charge in [0.05, 0.1) is 6.61 Å². The molecule has 3 heteroatoms. The van der Waals surface area contributed by atoms with E-state index in [0.717, 1.165) is 11.5 Å². The van der Waals surface area contributed by atoms with Crippen molar-refractivity contribution in [1.29, 1.82) is 0 Å². The van der Waals surface area contributed by atoms with Gasteiger partial charge in [0.1, 0.15) is 12.5 Å². The Kier molecular flexibility index (Phi) is 2.98. The standard InChI is InChI=1S/C13H19O2P/c1-11-9-15-13(2,3)16(14,10-11)12-7-5-4-6-8-12/h4-8,11H,9-10H2,1-3H3/t11-,16-/m0/s1. The van der Waals surface area contributed by atoms with Gasteiger partial charge in [0.2, 0.25) is 0 Å². The van der Waals surface area contributed by atoms with Gasteiger partial charge >= 0.3 is 0 Å². The average molecular weight is 238 g/mol. The average Bonchev–Trinajstić information content (AvgIpc) is 2.26. The van der Waals surface area contributed by atoms with Crippen LogP contribution in [0.1, 0.15) is 20.8 Å². The predicted octanol–water partition coefficient (Wildman–Crippen LogP) is 3.08. The zero-order chi connectivity index (χ0) is 11.8. The van der Waals surface area contributed by atoms with Crippen molar-refractivity contribution < 1.29 is 9.30 Å². The Bertz CT molecular complexity index is 411. The van der Waals surface area contributed by atoms with Gasteiger partial charge in [0, 0.05) is 11.5 Å². The van der Waals surface area contributed by atoms with Gasteiger partial charge in [0.25, 0.3) is 0 Å². The maximum absolute atomic E-state index is 13.2. The molecule has 0 bridgehead atoms. The molecule has 1 heterocycles. The van der Waals surface area contributed by atoms with Crippen LogP contribution in [0, 0.1) is 5.92 Å². The lowest BCUT2D eigenvalue weighted by Crippen LogP contribution is -2.39. The molecule has 0 spiro atoms. The van der Waals surface area contributed by atoms with E-state index in [1.54, 1.807) is 0 Å². The van der Waals surface area contributed by atoms with Crippen LogP contribution in [0.5, 0.6) is 0 Å². The molecule has 0 aromatic heterocycles. The van der Waals surface area contributed by atoms with Crippen molar-refractivity contribution in [3.63, 3.8) is 0 Å². The van der Waals surface area contributed by atoms with Gasteiger partial charge in [-0.05, 0) is 19.8 Å². The maximum Gasteiger partial charge on any atom is 0.145 e. The van der Waals surface area contributed by atoms with Crippen molar-refractivity contribution in [2.24, 2.45) is 5.92 Å². The summed E-state index contributed by atoms with van der Waals surface area (Å²) in [5, 5.41) is 0.424. The molecule has 1 aliphatic rings. The summed E-state index contributed by atoms with van der Waals surface area (Å²) in [4.78, 5) is 0. The molecule has 0 saturated carbocycles. The number of rotatable bonds is 1. The summed E-state index contributed by atoms with van der Waals surface area (Å²) in [6.07, 6.45) is 0.754. The molecule has 0 unspecified atom stereocenters. The summed E-state index contributed by atoms with van der Waals surface area (Å²) in [6, 6.07) is 9.78. The first-order chi connectivity index (χ1) is 7.46. The Balaban J connectivity index is 2.46. The van der Waals surface area contributed by atoms with E-state index >= 15 is 0 Å². The summed E-state index contributed by atoms with van der Waals surface area (Å²) in [7, 11) is -2.45. The van der Waals surface area contributed by atoms with Gasteiger partial charge in [-0.25, -0.2) is 0 Å². The lowest BCUT2D eigenvalue weighted by atomic mass is 10.2. The van der Waals surface area contributed by atoms with E-state index < -0.39 is 12.5 Å². The van der Waals surface area contributed by atoms with Crippen LogP contribution in [0.15, 0.2) is 30.3 Å². The van der Waals surface area contributed by atoms with E-state index in [2.05, 4.69) is 6.92 Å². The molecule has 88 valence electrons. The van der Waals surface area contributed by atoms with E-state index in [1.807, 2.05) is 44.2 Å². The summed E-state index contributed by atoms with van der Waals surface area (Å²) >= 11 is 0. The molecule has 1 aromatic rings. The molecule has 1 aliphatic heterocycles. The number of hydrogen-bond donors (Lipinski definition) is 0. The molecule has 1 aromatic carbocycles. The van der Waals surface area contributed by atoms with Crippen molar-refractivity contribution in [1.82, 2.24) is 0 Å². The third-order valence-corrected chi connectivity index (χ3v) is 7.47. The smallest absolute Gasteiger partial charge is 0.145 e. The first kappa shape index (κ1) is 11.9. The third kappa shape index (κ3) is 1.85. The van der Waals surface area contributed by atoms with Crippen molar-refractivity contribution in [2.75, 3.05) is 12.8 Å². The van der Waals surface area contributed by atoms with Gasteiger partial charge < -0.3 is 9.30 Å². The van der Waals surface area contributed by atoms with E-state index in [-0.39, 0.29) is 0 Å². The molecule has 2 atom stereocenters. The first-order valence-corrected chi connectivity index (χ1v) is 7.64. The Morgan fingerprint density at radius 1 is 1.31 bits per heavy atom.